The number of aryl methyl sites for hydroxylation is 1. The lowest BCUT2D eigenvalue weighted by Gasteiger charge is -2.32. The largest absolute Gasteiger partial charge is 0.395 e. The van der Waals surface area contributed by atoms with Crippen molar-refractivity contribution in [1.29, 1.82) is 0 Å². The van der Waals surface area contributed by atoms with Gasteiger partial charge in [-0.3, -0.25) is 4.68 Å². The van der Waals surface area contributed by atoms with Crippen molar-refractivity contribution < 1.29 is 5.11 Å². The number of likely N-dealkylation sites (tertiary alicyclic amines) is 1. The average molecular weight is 251 g/mol. The lowest BCUT2D eigenvalue weighted by atomic mass is 10.0. The van der Waals surface area contributed by atoms with E-state index in [1.54, 1.807) is 0 Å². The summed E-state index contributed by atoms with van der Waals surface area (Å²) in [5, 5.41) is 13.6. The number of piperidine rings is 1. The maximum absolute atomic E-state index is 8.96. The van der Waals surface area contributed by atoms with Crippen LogP contribution in [0, 0.1) is 6.92 Å². The first-order valence-corrected chi connectivity index (χ1v) is 7.01. The molecule has 0 saturated carbocycles. The van der Waals surface area contributed by atoms with Crippen molar-refractivity contribution in [3.8, 4) is 0 Å². The number of nitrogens with zero attached hydrogens (tertiary/aromatic N) is 3. The standard InChI is InChI=1S/C14H25N3O/c1-11(2)14-10-12(3)15-17(14)13-4-6-16(7-5-13)8-9-18/h10-11,13,18H,4-9H2,1-3H3. The Morgan fingerprint density at radius 2 is 2.06 bits per heavy atom. The normalized spacial score (nSPS) is 18.7. The van der Waals surface area contributed by atoms with Crippen LogP contribution in [0.15, 0.2) is 6.07 Å². The van der Waals surface area contributed by atoms with Gasteiger partial charge in [-0.05, 0) is 31.7 Å². The fraction of sp³-hybridized carbons (Fsp3) is 0.786. The van der Waals surface area contributed by atoms with Gasteiger partial charge in [0.25, 0.3) is 0 Å². The van der Waals surface area contributed by atoms with Crippen molar-refractivity contribution in [1.82, 2.24) is 14.7 Å². The van der Waals surface area contributed by atoms with Crippen LogP contribution in [0.1, 0.15) is 50.0 Å². The molecule has 4 nitrogen and oxygen atoms in total. The maximum Gasteiger partial charge on any atom is 0.0596 e. The second kappa shape index (κ2) is 5.85. The minimum Gasteiger partial charge on any atom is -0.395 e. The van der Waals surface area contributed by atoms with E-state index in [9.17, 15) is 0 Å². The van der Waals surface area contributed by atoms with E-state index in [2.05, 4.69) is 41.5 Å². The van der Waals surface area contributed by atoms with Crippen LogP contribution in [0.25, 0.3) is 0 Å². The third-order valence-corrected chi connectivity index (χ3v) is 3.80. The fourth-order valence-corrected chi connectivity index (χ4v) is 2.79. The monoisotopic (exact) mass is 251 g/mol. The Hall–Kier alpha value is -0.870. The van der Waals surface area contributed by atoms with Crippen molar-refractivity contribution in [3.63, 3.8) is 0 Å². The summed E-state index contributed by atoms with van der Waals surface area (Å²) in [5.74, 6) is 0.529. The number of aliphatic hydroxyl groups excluding tert-OH is 1. The van der Waals surface area contributed by atoms with Crippen LogP contribution in [0.2, 0.25) is 0 Å². The number of aromatic nitrogens is 2. The molecule has 1 N–H and O–H groups in total. The van der Waals surface area contributed by atoms with E-state index in [1.807, 2.05) is 0 Å². The lowest BCUT2D eigenvalue weighted by Crippen LogP contribution is -2.37. The van der Waals surface area contributed by atoms with Crippen LogP contribution in [-0.4, -0.2) is 46.0 Å². The molecule has 1 fully saturated rings. The van der Waals surface area contributed by atoms with Gasteiger partial charge in [0.15, 0.2) is 0 Å². The lowest BCUT2D eigenvalue weighted by molar-refractivity contribution is 0.144. The molecule has 102 valence electrons. The van der Waals surface area contributed by atoms with E-state index in [-0.39, 0.29) is 6.61 Å². The topological polar surface area (TPSA) is 41.3 Å². The molecule has 2 rings (SSSR count). The average Bonchev–Trinajstić information content (AvgIpc) is 2.73. The zero-order chi connectivity index (χ0) is 13.1. The molecule has 0 unspecified atom stereocenters. The van der Waals surface area contributed by atoms with Crippen molar-refractivity contribution in [3.05, 3.63) is 17.5 Å². The zero-order valence-electron chi connectivity index (χ0n) is 11.8. The highest BCUT2D eigenvalue weighted by molar-refractivity contribution is 5.13. The van der Waals surface area contributed by atoms with E-state index in [0.29, 0.717) is 12.0 Å². The molecule has 1 saturated heterocycles. The van der Waals surface area contributed by atoms with Gasteiger partial charge in [0.1, 0.15) is 0 Å². The van der Waals surface area contributed by atoms with E-state index < -0.39 is 0 Å². The first-order valence-electron chi connectivity index (χ1n) is 7.01. The molecule has 1 aliphatic rings. The zero-order valence-corrected chi connectivity index (χ0v) is 11.8. The van der Waals surface area contributed by atoms with E-state index in [4.69, 9.17) is 5.11 Å². The van der Waals surface area contributed by atoms with Crippen LogP contribution in [0.5, 0.6) is 0 Å². The third-order valence-electron chi connectivity index (χ3n) is 3.80. The summed E-state index contributed by atoms with van der Waals surface area (Å²) in [4.78, 5) is 2.34. The Kier molecular flexibility index (Phi) is 4.40. The van der Waals surface area contributed by atoms with Crippen molar-refractivity contribution in [2.24, 2.45) is 0 Å². The minimum absolute atomic E-state index is 0.267. The van der Waals surface area contributed by atoms with Crippen molar-refractivity contribution in [2.75, 3.05) is 26.2 Å². The van der Waals surface area contributed by atoms with Gasteiger partial charge in [-0.15, -0.1) is 0 Å². The number of aliphatic hydroxyl groups is 1. The number of β-amino-alcohol motifs (C(OH)–C–C–N with tert-alkyl or cyclic N) is 1. The molecule has 0 spiro atoms. The highest BCUT2D eigenvalue weighted by atomic mass is 16.3. The van der Waals surface area contributed by atoms with Gasteiger partial charge in [-0.2, -0.15) is 5.10 Å². The third kappa shape index (κ3) is 2.93. The van der Waals surface area contributed by atoms with Crippen LogP contribution in [0.3, 0.4) is 0 Å². The summed E-state index contributed by atoms with van der Waals surface area (Å²) in [7, 11) is 0. The van der Waals surface area contributed by atoms with Gasteiger partial charge in [0, 0.05) is 25.3 Å². The molecule has 1 aliphatic heterocycles. The van der Waals surface area contributed by atoms with Gasteiger partial charge in [0.2, 0.25) is 0 Å². The van der Waals surface area contributed by atoms with Crippen LogP contribution in [0.4, 0.5) is 0 Å². The van der Waals surface area contributed by atoms with Crippen LogP contribution in [-0.2, 0) is 0 Å². The molecule has 4 heteroatoms. The number of rotatable bonds is 4. The summed E-state index contributed by atoms with van der Waals surface area (Å²) < 4.78 is 2.25. The minimum atomic E-state index is 0.267. The van der Waals surface area contributed by atoms with E-state index in [1.165, 1.54) is 5.69 Å². The predicted molar refractivity (Wildman–Crippen MR) is 72.8 cm³/mol. The molecule has 2 heterocycles. The molecule has 18 heavy (non-hydrogen) atoms. The van der Waals surface area contributed by atoms with Gasteiger partial charge in [0.05, 0.1) is 18.3 Å². The Morgan fingerprint density at radius 3 is 2.61 bits per heavy atom. The molecular weight excluding hydrogens is 226 g/mol. The smallest absolute Gasteiger partial charge is 0.0596 e. The quantitative estimate of drug-likeness (QED) is 0.889. The number of hydrogen-bond acceptors (Lipinski definition) is 3. The predicted octanol–water partition coefficient (Wildman–Crippen LogP) is 1.94. The maximum atomic E-state index is 8.96. The Bertz CT molecular complexity index is 378. The first-order chi connectivity index (χ1) is 8.61. The molecular formula is C14H25N3O. The van der Waals surface area contributed by atoms with Gasteiger partial charge in [-0.1, -0.05) is 13.8 Å². The molecule has 0 atom stereocenters. The van der Waals surface area contributed by atoms with Crippen LogP contribution < -0.4 is 0 Å². The molecule has 0 aliphatic carbocycles. The number of hydrogen-bond donors (Lipinski definition) is 1. The van der Waals surface area contributed by atoms with E-state index >= 15 is 0 Å². The fourth-order valence-electron chi connectivity index (χ4n) is 2.79. The molecule has 1 aromatic heterocycles. The summed E-state index contributed by atoms with van der Waals surface area (Å²) in [6.45, 7) is 9.75. The SMILES string of the molecule is Cc1cc(C(C)C)n(C2CCN(CCO)CC2)n1. The summed E-state index contributed by atoms with van der Waals surface area (Å²) in [6.07, 6.45) is 2.28. The summed E-state index contributed by atoms with van der Waals surface area (Å²) in [6, 6.07) is 2.75. The van der Waals surface area contributed by atoms with Crippen molar-refractivity contribution >= 4 is 0 Å². The van der Waals surface area contributed by atoms with Gasteiger partial charge < -0.3 is 10.0 Å². The van der Waals surface area contributed by atoms with Crippen molar-refractivity contribution in [2.45, 2.75) is 45.6 Å². The molecule has 1 aromatic rings. The summed E-state index contributed by atoms with van der Waals surface area (Å²) >= 11 is 0. The van der Waals surface area contributed by atoms with Gasteiger partial charge in [-0.25, -0.2) is 0 Å². The van der Waals surface area contributed by atoms with Crippen LogP contribution >= 0.6 is 0 Å². The second-order valence-electron chi connectivity index (χ2n) is 5.61. The summed E-state index contributed by atoms with van der Waals surface area (Å²) in [5.41, 5.74) is 2.48. The first kappa shape index (κ1) is 13.6. The molecule has 0 amide bonds. The molecule has 0 radical (unpaired) electrons. The van der Waals surface area contributed by atoms with E-state index in [0.717, 1.165) is 38.2 Å². The van der Waals surface area contributed by atoms with Gasteiger partial charge >= 0.3 is 0 Å². The Labute approximate surface area is 110 Å². The Morgan fingerprint density at radius 1 is 1.39 bits per heavy atom. The molecule has 0 bridgehead atoms. The highest BCUT2D eigenvalue weighted by Gasteiger charge is 2.23. The second-order valence-corrected chi connectivity index (χ2v) is 5.61. The molecule has 0 aromatic carbocycles. The highest BCUT2D eigenvalue weighted by Crippen LogP contribution is 2.27. The Balaban J connectivity index is 2.05.